The smallest absolute Gasteiger partial charge is 0.410 e. The first-order valence-electron chi connectivity index (χ1n) is 8.28. The van der Waals surface area contributed by atoms with Crippen LogP contribution in [0.5, 0.6) is 0 Å². The van der Waals surface area contributed by atoms with Crippen LogP contribution in [0.4, 0.5) is 13.6 Å². The maximum absolute atomic E-state index is 14.9. The van der Waals surface area contributed by atoms with E-state index in [0.717, 1.165) is 0 Å². The fourth-order valence-electron chi connectivity index (χ4n) is 3.59. The molecule has 0 aromatic heterocycles. The lowest BCUT2D eigenvalue weighted by Gasteiger charge is -2.40. The van der Waals surface area contributed by atoms with Crippen LogP contribution in [0.1, 0.15) is 40.5 Å². The minimum atomic E-state index is -3.36. The van der Waals surface area contributed by atoms with Gasteiger partial charge in [0.15, 0.2) is 5.78 Å². The molecule has 0 aromatic carbocycles. The molecule has 2 aliphatic rings. The minimum absolute atomic E-state index is 0.0296. The van der Waals surface area contributed by atoms with Gasteiger partial charge in [-0.05, 0) is 26.2 Å². The van der Waals surface area contributed by atoms with Crippen LogP contribution in [-0.2, 0) is 9.53 Å². The molecule has 0 spiro atoms. The van der Waals surface area contributed by atoms with Gasteiger partial charge in [-0.2, -0.15) is 0 Å². The van der Waals surface area contributed by atoms with Gasteiger partial charge in [-0.25, -0.2) is 13.6 Å². The summed E-state index contributed by atoms with van der Waals surface area (Å²) >= 11 is 0. The molecule has 1 fully saturated rings. The number of halogens is 2. The summed E-state index contributed by atoms with van der Waals surface area (Å²) in [7, 11) is 0. The van der Waals surface area contributed by atoms with E-state index < -0.39 is 35.2 Å². The van der Waals surface area contributed by atoms with Gasteiger partial charge in [0.1, 0.15) is 0 Å². The number of ketones is 1. The summed E-state index contributed by atoms with van der Waals surface area (Å²) in [5.41, 5.74) is -2.35. The van der Waals surface area contributed by atoms with Crippen molar-refractivity contribution in [1.82, 2.24) is 4.90 Å². The first kappa shape index (κ1) is 17.9. The van der Waals surface area contributed by atoms with Gasteiger partial charge in [-0.15, -0.1) is 0 Å². The van der Waals surface area contributed by atoms with Crippen molar-refractivity contribution < 1.29 is 23.1 Å². The van der Waals surface area contributed by atoms with E-state index in [-0.39, 0.29) is 18.8 Å². The highest BCUT2D eigenvalue weighted by molar-refractivity contribution is 5.92. The number of carbonyl (C=O) groups excluding carboxylic acids is 2. The van der Waals surface area contributed by atoms with Gasteiger partial charge in [-0.1, -0.05) is 26.0 Å². The highest BCUT2D eigenvalue weighted by atomic mass is 19.3. The summed E-state index contributed by atoms with van der Waals surface area (Å²) < 4.78 is 35.1. The van der Waals surface area contributed by atoms with Gasteiger partial charge in [0.25, 0.3) is 0 Å². The van der Waals surface area contributed by atoms with E-state index in [1.807, 2.05) is 0 Å². The van der Waals surface area contributed by atoms with Crippen molar-refractivity contribution in [3.63, 3.8) is 0 Å². The van der Waals surface area contributed by atoms with E-state index in [0.29, 0.717) is 13.1 Å². The number of carbonyl (C=O) groups is 2. The highest BCUT2D eigenvalue weighted by Gasteiger charge is 2.74. The van der Waals surface area contributed by atoms with Crippen LogP contribution in [0.25, 0.3) is 0 Å². The lowest BCUT2D eigenvalue weighted by atomic mass is 9.78. The molecule has 2 rings (SSSR count). The molecule has 0 N–H and O–H groups in total. The number of alkyl halides is 2. The third-order valence-corrected chi connectivity index (χ3v) is 4.84. The predicted molar refractivity (Wildman–Crippen MR) is 82.3 cm³/mol. The molecule has 0 aromatic rings. The average Bonchev–Trinajstić information content (AvgIpc) is 3.01. The number of hydrogen-bond donors (Lipinski definition) is 0. The predicted octanol–water partition coefficient (Wildman–Crippen LogP) is 3.66. The molecule has 2 bridgehead atoms. The largest absolute Gasteiger partial charge is 0.428 e. The zero-order chi connectivity index (χ0) is 17.4. The summed E-state index contributed by atoms with van der Waals surface area (Å²) in [5, 5.41) is 0. The van der Waals surface area contributed by atoms with E-state index in [4.69, 9.17) is 4.74 Å². The van der Waals surface area contributed by atoms with E-state index in [2.05, 4.69) is 0 Å². The summed E-state index contributed by atoms with van der Waals surface area (Å²) in [4.78, 5) is 26.3. The number of allylic oxidation sites excluding steroid dienone is 1. The molecule has 2 aliphatic carbocycles. The van der Waals surface area contributed by atoms with Gasteiger partial charge < -0.3 is 9.64 Å². The maximum atomic E-state index is 14.9. The molecule has 0 unspecified atom stereocenters. The Morgan fingerprint density at radius 3 is 2.22 bits per heavy atom. The van der Waals surface area contributed by atoms with Crippen molar-refractivity contribution in [3.8, 4) is 0 Å². The molecule has 1 saturated carbocycles. The van der Waals surface area contributed by atoms with Crippen molar-refractivity contribution >= 4 is 11.9 Å². The molecule has 6 heteroatoms. The Bertz CT molecular complexity index is 514. The van der Waals surface area contributed by atoms with Crippen LogP contribution >= 0.6 is 0 Å². The van der Waals surface area contributed by atoms with Crippen molar-refractivity contribution in [2.24, 2.45) is 17.8 Å². The van der Waals surface area contributed by atoms with Gasteiger partial charge in [0.2, 0.25) is 5.60 Å². The fourth-order valence-corrected chi connectivity index (χ4v) is 3.59. The number of nitrogens with zero attached hydrogens (tertiary/aromatic N) is 1. The van der Waals surface area contributed by atoms with Crippen LogP contribution < -0.4 is 0 Å². The van der Waals surface area contributed by atoms with Gasteiger partial charge in [0.05, 0.1) is 0 Å². The molecular formula is C17H25F2NO3. The third kappa shape index (κ3) is 2.66. The number of Topliss-reactive ketones (excluding diaryl/α,β-unsaturated/α-hetero) is 1. The van der Waals surface area contributed by atoms with Crippen LogP contribution in [-0.4, -0.2) is 41.4 Å². The second-order valence-corrected chi connectivity index (χ2v) is 6.75. The standard InChI is InChI=1S/C17H25F2NO3/c1-5-20(6-2)15(22)23-16(14(21)9-11(3)4)12-7-8-13(10-12)17(16,18)19/h7-8,11-13H,5-6,9-10H2,1-4H3/t12-,13+,16+/m1/s1. The van der Waals surface area contributed by atoms with Gasteiger partial charge in [-0.3, -0.25) is 4.79 Å². The fraction of sp³-hybridized carbons (Fsp3) is 0.765. The number of fused-ring (bicyclic) bond motifs is 2. The second-order valence-electron chi connectivity index (χ2n) is 6.75. The van der Waals surface area contributed by atoms with Crippen LogP contribution in [0.15, 0.2) is 12.2 Å². The van der Waals surface area contributed by atoms with Crippen LogP contribution in [0.3, 0.4) is 0 Å². The number of rotatable bonds is 6. The molecule has 130 valence electrons. The van der Waals surface area contributed by atoms with Crippen molar-refractivity contribution in [1.29, 1.82) is 0 Å². The summed E-state index contributed by atoms with van der Waals surface area (Å²) in [6.07, 6.45) is 2.33. The Balaban J connectivity index is 2.39. The van der Waals surface area contributed by atoms with Gasteiger partial charge >= 0.3 is 12.0 Å². The van der Waals surface area contributed by atoms with E-state index >= 15 is 0 Å². The average molecular weight is 329 g/mol. The Hall–Kier alpha value is -1.46. The monoisotopic (exact) mass is 329 g/mol. The van der Waals surface area contributed by atoms with Crippen LogP contribution in [0.2, 0.25) is 0 Å². The molecule has 3 atom stereocenters. The van der Waals surface area contributed by atoms with Crippen molar-refractivity contribution in [2.45, 2.75) is 52.1 Å². The van der Waals surface area contributed by atoms with E-state index in [1.54, 1.807) is 33.8 Å². The Kier molecular flexibility index (Phi) is 4.83. The molecule has 1 amide bonds. The molecule has 0 saturated heterocycles. The molecule has 0 heterocycles. The summed E-state index contributed by atoms with van der Waals surface area (Å²) in [5.74, 6) is -5.89. The molecular weight excluding hydrogens is 304 g/mol. The first-order valence-corrected chi connectivity index (χ1v) is 8.28. The van der Waals surface area contributed by atoms with Gasteiger partial charge in [0, 0.05) is 31.3 Å². The topological polar surface area (TPSA) is 46.6 Å². The quantitative estimate of drug-likeness (QED) is 0.699. The summed E-state index contributed by atoms with van der Waals surface area (Å²) in [6.45, 7) is 7.76. The summed E-state index contributed by atoms with van der Waals surface area (Å²) in [6, 6.07) is 0. The van der Waals surface area contributed by atoms with E-state index in [9.17, 15) is 18.4 Å². The number of amides is 1. The van der Waals surface area contributed by atoms with Crippen LogP contribution in [0, 0.1) is 17.8 Å². The zero-order valence-electron chi connectivity index (χ0n) is 14.1. The lowest BCUT2D eigenvalue weighted by molar-refractivity contribution is -0.196. The molecule has 4 nitrogen and oxygen atoms in total. The maximum Gasteiger partial charge on any atom is 0.410 e. The third-order valence-electron chi connectivity index (χ3n) is 4.84. The second kappa shape index (κ2) is 6.21. The van der Waals surface area contributed by atoms with E-state index in [1.165, 1.54) is 11.0 Å². The molecule has 0 aliphatic heterocycles. The number of hydrogen-bond acceptors (Lipinski definition) is 3. The van der Waals surface area contributed by atoms with Crippen molar-refractivity contribution in [2.75, 3.05) is 13.1 Å². The lowest BCUT2D eigenvalue weighted by Crippen LogP contribution is -2.61. The minimum Gasteiger partial charge on any atom is -0.428 e. The Labute approximate surface area is 135 Å². The van der Waals surface area contributed by atoms with Crippen molar-refractivity contribution in [3.05, 3.63) is 12.2 Å². The Morgan fingerprint density at radius 2 is 1.78 bits per heavy atom. The normalized spacial score (nSPS) is 30.7. The SMILES string of the molecule is CCN(CC)C(=O)O[C@]1(C(=O)CC(C)C)[C@@H]2C=C[C@@H](C2)C1(F)F. The first-order chi connectivity index (χ1) is 10.7. The highest BCUT2D eigenvalue weighted by Crippen LogP contribution is 2.59. The molecule has 0 radical (unpaired) electrons. The number of ether oxygens (including phenoxy) is 1. The Morgan fingerprint density at radius 1 is 1.22 bits per heavy atom. The molecule has 23 heavy (non-hydrogen) atoms. The zero-order valence-corrected chi connectivity index (χ0v) is 14.1.